The number of aryl methyl sites for hydroxylation is 1. The van der Waals surface area contributed by atoms with E-state index < -0.39 is 5.41 Å². The number of nitrogens with zero attached hydrogens (tertiary/aromatic N) is 1. The second-order valence-electron chi connectivity index (χ2n) is 7.05. The van der Waals surface area contributed by atoms with Crippen molar-refractivity contribution >= 4 is 23.2 Å². The van der Waals surface area contributed by atoms with Gasteiger partial charge in [0.05, 0.1) is 5.41 Å². The van der Waals surface area contributed by atoms with Gasteiger partial charge in [-0.25, -0.2) is 0 Å². The van der Waals surface area contributed by atoms with Crippen LogP contribution >= 0.6 is 0 Å². The van der Waals surface area contributed by atoms with Crippen LogP contribution in [0.3, 0.4) is 0 Å². The molecule has 128 valence electrons. The van der Waals surface area contributed by atoms with Crippen LogP contribution in [-0.2, 0) is 21.4 Å². The summed E-state index contributed by atoms with van der Waals surface area (Å²) in [6, 6.07) is 15.9. The van der Waals surface area contributed by atoms with E-state index >= 15 is 0 Å². The highest BCUT2D eigenvalue weighted by molar-refractivity contribution is 6.01. The summed E-state index contributed by atoms with van der Waals surface area (Å²) in [7, 11) is 1.80. The largest absolute Gasteiger partial charge is 0.325 e. The summed E-state index contributed by atoms with van der Waals surface area (Å²) in [5.41, 5.74) is 3.57. The summed E-state index contributed by atoms with van der Waals surface area (Å²) < 4.78 is 0. The third-order valence-electron chi connectivity index (χ3n) is 5.65. The maximum atomic E-state index is 13.0. The SMILES string of the molecule is CN1C(=O)CCc2cc(NC(=O)C3(c4ccccc4)CCC3)ccc21. The van der Waals surface area contributed by atoms with Crippen molar-refractivity contribution in [3.05, 3.63) is 59.7 Å². The molecule has 1 saturated carbocycles. The zero-order chi connectivity index (χ0) is 17.4. The lowest BCUT2D eigenvalue weighted by Crippen LogP contribution is -2.46. The van der Waals surface area contributed by atoms with Gasteiger partial charge in [-0.2, -0.15) is 0 Å². The average Bonchev–Trinajstić information content (AvgIpc) is 2.58. The molecule has 4 heteroatoms. The van der Waals surface area contributed by atoms with Crippen molar-refractivity contribution in [2.24, 2.45) is 0 Å². The summed E-state index contributed by atoms with van der Waals surface area (Å²) in [6.07, 6.45) is 4.12. The third kappa shape index (κ3) is 2.62. The number of carbonyl (C=O) groups is 2. The van der Waals surface area contributed by atoms with Crippen molar-refractivity contribution in [1.29, 1.82) is 0 Å². The molecule has 1 N–H and O–H groups in total. The van der Waals surface area contributed by atoms with Crippen molar-refractivity contribution in [3.8, 4) is 0 Å². The molecule has 0 unspecified atom stereocenters. The van der Waals surface area contributed by atoms with Crippen LogP contribution in [0.1, 0.15) is 36.8 Å². The molecule has 0 bridgehead atoms. The zero-order valence-electron chi connectivity index (χ0n) is 14.4. The Hall–Kier alpha value is -2.62. The minimum atomic E-state index is -0.399. The molecular formula is C21H22N2O2. The Labute approximate surface area is 147 Å². The van der Waals surface area contributed by atoms with Crippen LogP contribution in [0, 0.1) is 0 Å². The molecule has 0 atom stereocenters. The zero-order valence-corrected chi connectivity index (χ0v) is 14.4. The quantitative estimate of drug-likeness (QED) is 0.931. The van der Waals surface area contributed by atoms with E-state index in [2.05, 4.69) is 5.32 Å². The van der Waals surface area contributed by atoms with E-state index in [9.17, 15) is 9.59 Å². The lowest BCUT2D eigenvalue weighted by molar-refractivity contribution is -0.124. The van der Waals surface area contributed by atoms with Gasteiger partial charge in [0.15, 0.2) is 0 Å². The average molecular weight is 334 g/mol. The van der Waals surface area contributed by atoms with Crippen LogP contribution in [0.15, 0.2) is 48.5 Å². The van der Waals surface area contributed by atoms with Crippen molar-refractivity contribution in [2.75, 3.05) is 17.3 Å². The fourth-order valence-corrected chi connectivity index (χ4v) is 3.92. The summed E-state index contributed by atoms with van der Waals surface area (Å²) in [5.74, 6) is 0.215. The van der Waals surface area contributed by atoms with Gasteiger partial charge in [0.2, 0.25) is 11.8 Å². The highest BCUT2D eigenvalue weighted by Gasteiger charge is 2.45. The molecule has 2 aromatic carbocycles. The predicted molar refractivity (Wildman–Crippen MR) is 98.8 cm³/mol. The lowest BCUT2D eigenvalue weighted by Gasteiger charge is -2.40. The van der Waals surface area contributed by atoms with Crippen LogP contribution in [-0.4, -0.2) is 18.9 Å². The number of nitrogens with one attached hydrogen (secondary N) is 1. The smallest absolute Gasteiger partial charge is 0.235 e. The fraction of sp³-hybridized carbons (Fsp3) is 0.333. The van der Waals surface area contributed by atoms with E-state index in [0.29, 0.717) is 6.42 Å². The number of fused-ring (bicyclic) bond motifs is 1. The first-order valence-corrected chi connectivity index (χ1v) is 8.87. The van der Waals surface area contributed by atoms with Crippen LogP contribution in [0.2, 0.25) is 0 Å². The van der Waals surface area contributed by atoms with Crippen molar-refractivity contribution < 1.29 is 9.59 Å². The monoisotopic (exact) mass is 334 g/mol. The lowest BCUT2D eigenvalue weighted by atomic mass is 9.64. The van der Waals surface area contributed by atoms with Gasteiger partial charge in [-0.15, -0.1) is 0 Å². The number of benzene rings is 2. The highest BCUT2D eigenvalue weighted by atomic mass is 16.2. The molecule has 0 radical (unpaired) electrons. The van der Waals surface area contributed by atoms with Gasteiger partial charge in [-0.1, -0.05) is 36.8 Å². The summed E-state index contributed by atoms with van der Waals surface area (Å²) in [4.78, 5) is 26.5. The normalized spacial score (nSPS) is 18.3. The number of carbonyl (C=O) groups excluding carboxylic acids is 2. The second kappa shape index (κ2) is 6.03. The van der Waals surface area contributed by atoms with E-state index in [1.165, 1.54) is 0 Å². The number of amides is 2. The predicted octanol–water partition coefficient (Wildman–Crippen LogP) is 3.66. The first kappa shape index (κ1) is 15.9. The van der Waals surface area contributed by atoms with E-state index in [1.807, 2.05) is 48.5 Å². The molecule has 4 nitrogen and oxygen atoms in total. The Morgan fingerprint density at radius 3 is 2.52 bits per heavy atom. The number of rotatable bonds is 3. The van der Waals surface area contributed by atoms with E-state index in [4.69, 9.17) is 0 Å². The molecule has 2 amide bonds. The van der Waals surface area contributed by atoms with Gasteiger partial charge < -0.3 is 10.2 Å². The molecular weight excluding hydrogens is 312 g/mol. The molecule has 1 aliphatic heterocycles. The molecule has 2 aliphatic rings. The molecule has 0 aromatic heterocycles. The third-order valence-corrected chi connectivity index (χ3v) is 5.65. The van der Waals surface area contributed by atoms with Gasteiger partial charge in [0.25, 0.3) is 0 Å². The van der Waals surface area contributed by atoms with Gasteiger partial charge in [0, 0.05) is 24.8 Å². The first-order valence-electron chi connectivity index (χ1n) is 8.87. The molecule has 1 aliphatic carbocycles. The van der Waals surface area contributed by atoms with Crippen molar-refractivity contribution in [3.63, 3.8) is 0 Å². The molecule has 25 heavy (non-hydrogen) atoms. The van der Waals surface area contributed by atoms with Gasteiger partial charge in [-0.3, -0.25) is 9.59 Å². The highest BCUT2D eigenvalue weighted by Crippen LogP contribution is 2.44. The van der Waals surface area contributed by atoms with Crippen LogP contribution < -0.4 is 10.2 Å². The topological polar surface area (TPSA) is 49.4 Å². The van der Waals surface area contributed by atoms with Gasteiger partial charge in [-0.05, 0) is 48.6 Å². The van der Waals surface area contributed by atoms with Crippen LogP contribution in [0.4, 0.5) is 11.4 Å². The molecule has 4 rings (SSSR count). The Morgan fingerprint density at radius 1 is 1.08 bits per heavy atom. The van der Waals surface area contributed by atoms with Crippen molar-refractivity contribution in [1.82, 2.24) is 0 Å². The first-order chi connectivity index (χ1) is 12.1. The summed E-state index contributed by atoms with van der Waals surface area (Å²) >= 11 is 0. The number of hydrogen-bond donors (Lipinski definition) is 1. The van der Waals surface area contributed by atoms with E-state index in [1.54, 1.807) is 11.9 Å². The van der Waals surface area contributed by atoms with Gasteiger partial charge >= 0.3 is 0 Å². The minimum Gasteiger partial charge on any atom is -0.325 e. The van der Waals surface area contributed by atoms with Crippen LogP contribution in [0.25, 0.3) is 0 Å². The molecule has 0 spiro atoms. The van der Waals surface area contributed by atoms with E-state index in [-0.39, 0.29) is 11.8 Å². The maximum Gasteiger partial charge on any atom is 0.235 e. The maximum absolute atomic E-state index is 13.0. The molecule has 2 aromatic rings. The molecule has 0 saturated heterocycles. The van der Waals surface area contributed by atoms with Crippen LogP contribution in [0.5, 0.6) is 0 Å². The molecule has 1 fully saturated rings. The summed E-state index contributed by atoms with van der Waals surface area (Å²) in [5, 5.41) is 3.12. The standard InChI is InChI=1S/C21H22N2O2/c1-23-18-10-9-17(14-15(18)8-11-19(23)24)22-20(25)21(12-5-13-21)16-6-3-2-4-7-16/h2-4,6-7,9-10,14H,5,8,11-13H2,1H3,(H,22,25). The Bertz CT molecular complexity index is 825. The van der Waals surface area contributed by atoms with Gasteiger partial charge in [0.1, 0.15) is 0 Å². The second-order valence-corrected chi connectivity index (χ2v) is 7.05. The minimum absolute atomic E-state index is 0.0742. The fourth-order valence-electron chi connectivity index (χ4n) is 3.92. The van der Waals surface area contributed by atoms with Crippen molar-refractivity contribution in [2.45, 2.75) is 37.5 Å². The Balaban J connectivity index is 1.58. The summed E-state index contributed by atoms with van der Waals surface area (Å²) in [6.45, 7) is 0. The Kier molecular flexibility index (Phi) is 3.83. The Morgan fingerprint density at radius 2 is 1.84 bits per heavy atom. The molecule has 1 heterocycles. The number of hydrogen-bond acceptors (Lipinski definition) is 2. The number of anilines is 2. The van der Waals surface area contributed by atoms with E-state index in [0.717, 1.165) is 48.2 Å².